The molecule has 1 amide bonds. The monoisotopic (exact) mass is 464 g/mol. The quantitative estimate of drug-likeness (QED) is 0.512. The van der Waals surface area contributed by atoms with E-state index in [4.69, 9.17) is 19.7 Å². The van der Waals surface area contributed by atoms with Crippen molar-refractivity contribution in [3.05, 3.63) is 47.5 Å². The summed E-state index contributed by atoms with van der Waals surface area (Å²) in [6.45, 7) is 10.7. The van der Waals surface area contributed by atoms with Crippen LogP contribution < -0.4 is 10.5 Å². The van der Waals surface area contributed by atoms with Crippen LogP contribution in [0.25, 0.3) is 22.8 Å². The van der Waals surface area contributed by atoms with Crippen molar-refractivity contribution >= 4 is 11.8 Å². The molecule has 0 atom stereocenters. The summed E-state index contributed by atoms with van der Waals surface area (Å²) in [5.74, 6) is 1.53. The third kappa shape index (κ3) is 5.50. The van der Waals surface area contributed by atoms with E-state index in [1.807, 2.05) is 58.9 Å². The molecule has 8 heteroatoms. The Balaban J connectivity index is 1.52. The van der Waals surface area contributed by atoms with Crippen molar-refractivity contribution in [2.75, 3.05) is 12.3 Å². The van der Waals surface area contributed by atoms with Gasteiger partial charge in [-0.2, -0.15) is 4.98 Å². The number of nitrogens with two attached hydrogens (primary N) is 1. The van der Waals surface area contributed by atoms with Crippen LogP contribution in [-0.2, 0) is 17.7 Å². The second kappa shape index (κ2) is 9.37. The Morgan fingerprint density at radius 2 is 1.88 bits per heavy atom. The number of ether oxygens (including phenoxy) is 2. The largest absolute Gasteiger partial charge is 0.489 e. The molecule has 0 radical (unpaired) electrons. The number of hydrogen-bond acceptors (Lipinski definition) is 7. The van der Waals surface area contributed by atoms with Crippen molar-refractivity contribution in [2.24, 2.45) is 0 Å². The van der Waals surface area contributed by atoms with Gasteiger partial charge in [-0.15, -0.1) is 0 Å². The molecule has 0 unspecified atom stereocenters. The number of aryl methyl sites for hydroxylation is 1. The first-order valence-electron chi connectivity index (χ1n) is 11.6. The molecule has 1 aliphatic rings. The predicted octanol–water partition coefficient (Wildman–Crippen LogP) is 5.46. The minimum atomic E-state index is -0.515. The summed E-state index contributed by atoms with van der Waals surface area (Å²) in [4.78, 5) is 18.9. The molecule has 2 N–H and O–H groups in total. The Kier molecular flexibility index (Phi) is 6.50. The van der Waals surface area contributed by atoms with Crippen molar-refractivity contribution < 1.29 is 18.8 Å². The first kappa shape index (κ1) is 23.6. The molecular weight excluding hydrogens is 432 g/mol. The number of carbonyl (C=O) groups is 1. The highest BCUT2D eigenvalue weighted by molar-refractivity contribution is 5.69. The van der Waals surface area contributed by atoms with E-state index in [0.717, 1.165) is 29.5 Å². The van der Waals surface area contributed by atoms with E-state index in [1.54, 1.807) is 11.0 Å². The average Bonchev–Trinajstić information content (AvgIpc) is 3.14. The predicted molar refractivity (Wildman–Crippen MR) is 130 cm³/mol. The van der Waals surface area contributed by atoms with Crippen molar-refractivity contribution in [1.29, 1.82) is 0 Å². The zero-order valence-corrected chi connectivity index (χ0v) is 20.4. The summed E-state index contributed by atoms with van der Waals surface area (Å²) in [5.41, 5.74) is 10.0. The van der Waals surface area contributed by atoms with E-state index in [1.165, 1.54) is 5.56 Å². The molecule has 2 heterocycles. The summed E-state index contributed by atoms with van der Waals surface area (Å²) >= 11 is 0. The lowest BCUT2D eigenvalue weighted by atomic mass is 10.0. The Morgan fingerprint density at radius 1 is 1.12 bits per heavy atom. The van der Waals surface area contributed by atoms with E-state index in [9.17, 15) is 4.79 Å². The lowest BCUT2D eigenvalue weighted by Gasteiger charge is -2.26. The lowest BCUT2D eigenvalue weighted by Crippen LogP contribution is -2.36. The molecule has 3 aromatic rings. The fraction of sp³-hybridized carbons (Fsp3) is 0.423. The van der Waals surface area contributed by atoms with Gasteiger partial charge in [0.15, 0.2) is 0 Å². The van der Waals surface area contributed by atoms with E-state index in [-0.39, 0.29) is 12.2 Å². The second-order valence-corrected chi connectivity index (χ2v) is 9.83. The minimum Gasteiger partial charge on any atom is -0.489 e. The van der Waals surface area contributed by atoms with Crippen molar-refractivity contribution in [3.8, 4) is 28.6 Å². The van der Waals surface area contributed by atoms with Gasteiger partial charge >= 0.3 is 6.09 Å². The molecule has 1 aromatic heterocycles. The van der Waals surface area contributed by atoms with Gasteiger partial charge < -0.3 is 24.6 Å². The summed E-state index contributed by atoms with van der Waals surface area (Å²) in [7, 11) is 0. The van der Waals surface area contributed by atoms with Gasteiger partial charge in [0.05, 0.1) is 11.8 Å². The maximum absolute atomic E-state index is 12.6. The molecule has 0 saturated carbocycles. The van der Waals surface area contributed by atoms with Crippen LogP contribution in [0.4, 0.5) is 10.5 Å². The molecule has 8 nitrogen and oxygen atoms in total. The number of nitrogens with zero attached hydrogens (tertiary/aromatic N) is 3. The lowest BCUT2D eigenvalue weighted by molar-refractivity contribution is 0.0237. The number of nitrogen functional groups attached to an aromatic ring is 1. The normalized spacial score (nSPS) is 14.0. The van der Waals surface area contributed by atoms with E-state index < -0.39 is 5.60 Å². The Labute approximate surface area is 200 Å². The number of anilines is 1. The summed E-state index contributed by atoms with van der Waals surface area (Å²) in [5, 5.41) is 4.18. The third-order valence-electron chi connectivity index (χ3n) is 5.40. The number of carbonyl (C=O) groups excluding carboxylic acids is 1. The number of amides is 1. The molecule has 4 rings (SSSR count). The summed E-state index contributed by atoms with van der Waals surface area (Å²) < 4.78 is 16.8. The summed E-state index contributed by atoms with van der Waals surface area (Å²) in [6.07, 6.45) is 1.47. The third-order valence-corrected chi connectivity index (χ3v) is 5.40. The average molecular weight is 465 g/mol. The van der Waals surface area contributed by atoms with Crippen molar-refractivity contribution in [1.82, 2.24) is 15.0 Å². The van der Waals surface area contributed by atoms with E-state index >= 15 is 0 Å². The van der Waals surface area contributed by atoms with Crippen LogP contribution in [0, 0.1) is 0 Å². The van der Waals surface area contributed by atoms with Gasteiger partial charge in [-0.05, 0) is 82.9 Å². The maximum atomic E-state index is 12.6. The Hall–Kier alpha value is -3.55. The molecule has 2 aromatic carbocycles. The molecule has 0 spiro atoms. The van der Waals surface area contributed by atoms with Gasteiger partial charge in [-0.3, -0.25) is 0 Å². The molecule has 0 aliphatic carbocycles. The molecule has 0 bridgehead atoms. The molecule has 180 valence electrons. The number of hydrogen-bond donors (Lipinski definition) is 1. The highest BCUT2D eigenvalue weighted by Gasteiger charge is 2.25. The fourth-order valence-electron chi connectivity index (χ4n) is 3.88. The van der Waals surface area contributed by atoms with Crippen molar-refractivity contribution in [2.45, 2.75) is 65.7 Å². The minimum absolute atomic E-state index is 0.0348. The summed E-state index contributed by atoms with van der Waals surface area (Å²) in [6, 6.07) is 11.5. The van der Waals surface area contributed by atoms with Gasteiger partial charge in [0.25, 0.3) is 5.89 Å². The smallest absolute Gasteiger partial charge is 0.410 e. The van der Waals surface area contributed by atoms with Gasteiger partial charge in [-0.25, -0.2) is 4.79 Å². The highest BCUT2D eigenvalue weighted by Crippen LogP contribution is 2.31. The zero-order valence-electron chi connectivity index (χ0n) is 20.4. The Morgan fingerprint density at radius 3 is 2.59 bits per heavy atom. The topological polar surface area (TPSA) is 104 Å². The number of aromatic nitrogens is 2. The van der Waals surface area contributed by atoms with Crippen LogP contribution in [0.5, 0.6) is 5.75 Å². The number of rotatable bonds is 4. The molecule has 0 saturated heterocycles. The van der Waals surface area contributed by atoms with Crippen LogP contribution in [0.15, 0.2) is 40.9 Å². The van der Waals surface area contributed by atoms with Crippen molar-refractivity contribution in [3.63, 3.8) is 0 Å². The number of fused-ring (bicyclic) bond motifs is 1. The molecular formula is C26H32N4O4. The van der Waals surface area contributed by atoms with Gasteiger partial charge in [0.2, 0.25) is 5.82 Å². The fourth-order valence-corrected chi connectivity index (χ4v) is 3.88. The maximum Gasteiger partial charge on any atom is 0.410 e. The van der Waals surface area contributed by atoms with Crippen LogP contribution in [0.2, 0.25) is 0 Å². The zero-order chi connectivity index (χ0) is 24.5. The highest BCUT2D eigenvalue weighted by atomic mass is 16.6. The van der Waals surface area contributed by atoms with Gasteiger partial charge in [0, 0.05) is 24.2 Å². The molecule has 1 aliphatic heterocycles. The number of benzene rings is 2. The van der Waals surface area contributed by atoms with Crippen LogP contribution in [0.3, 0.4) is 0 Å². The first-order chi connectivity index (χ1) is 16.1. The Bertz CT molecular complexity index is 1180. The van der Waals surface area contributed by atoms with Gasteiger partial charge in [-0.1, -0.05) is 17.3 Å². The molecule has 0 fully saturated rings. The first-order valence-corrected chi connectivity index (χ1v) is 11.6. The van der Waals surface area contributed by atoms with E-state index in [0.29, 0.717) is 36.2 Å². The van der Waals surface area contributed by atoms with E-state index in [2.05, 4.69) is 16.2 Å². The van der Waals surface area contributed by atoms with Gasteiger partial charge in [0.1, 0.15) is 11.4 Å². The molecule has 34 heavy (non-hydrogen) atoms. The van der Waals surface area contributed by atoms with Crippen LogP contribution >= 0.6 is 0 Å². The van der Waals surface area contributed by atoms with Crippen LogP contribution in [0.1, 0.15) is 52.2 Å². The SMILES string of the molecule is CC(C)Oc1ccc(-c2nc(-c3ccc4c(c3)CCCN(C(=O)OC(C)(C)C)C4)no2)cc1N. The second-order valence-electron chi connectivity index (χ2n) is 9.83. The van der Waals surface area contributed by atoms with Crippen LogP contribution in [-0.4, -0.2) is 39.4 Å². The standard InChI is InChI=1S/C26H32N4O4/c1-16(2)32-22-11-10-19(14-21(22)27)24-28-23(29-34-24)18-8-9-20-15-30(12-6-7-17(20)13-18)25(31)33-26(3,4)5/h8-11,13-14,16H,6-7,12,15,27H2,1-5H3.